The molecule has 0 aliphatic heterocycles. The summed E-state index contributed by atoms with van der Waals surface area (Å²) < 4.78 is 11.1. The summed E-state index contributed by atoms with van der Waals surface area (Å²) in [5, 5.41) is 4.61. The molecule has 0 spiro atoms. The first-order chi connectivity index (χ1) is 12.9. The van der Waals surface area contributed by atoms with E-state index in [4.69, 9.17) is 26.6 Å². The van der Waals surface area contributed by atoms with Gasteiger partial charge in [0.1, 0.15) is 18.1 Å². The first-order valence-corrected chi connectivity index (χ1v) is 8.75. The maximum Gasteiger partial charge on any atom is 0.250 e. The summed E-state index contributed by atoms with van der Waals surface area (Å²) in [5.74, 6) is 0.532. The van der Waals surface area contributed by atoms with E-state index >= 15 is 0 Å². The smallest absolute Gasteiger partial charge is 0.250 e. The normalized spacial score (nSPS) is 11.0. The standard InChI is InChI=1S/C19H19ClN4O3/c1-10(2)17-13(19(21)25)5-7-16(23-17)26-9-14-11(3)27-24-18(14)15-6-4-12(20)8-22-15/h4-8,10H,9H2,1-3H3,(H2,21,25). The quantitative estimate of drug-likeness (QED) is 0.689. The van der Waals surface area contributed by atoms with Crippen LogP contribution < -0.4 is 10.5 Å². The molecule has 0 unspecified atom stereocenters. The third-order valence-corrected chi connectivity index (χ3v) is 4.25. The second kappa shape index (κ2) is 7.75. The van der Waals surface area contributed by atoms with Gasteiger partial charge in [-0.15, -0.1) is 0 Å². The van der Waals surface area contributed by atoms with Crippen molar-refractivity contribution in [3.63, 3.8) is 0 Å². The minimum atomic E-state index is -0.510. The third-order valence-electron chi connectivity index (χ3n) is 4.03. The Bertz CT molecular complexity index is 968. The molecule has 0 aliphatic carbocycles. The number of primary amides is 1. The third kappa shape index (κ3) is 4.09. The Labute approximate surface area is 161 Å². The molecular formula is C19H19ClN4O3. The van der Waals surface area contributed by atoms with E-state index < -0.39 is 5.91 Å². The van der Waals surface area contributed by atoms with Crippen molar-refractivity contribution in [3.8, 4) is 17.3 Å². The van der Waals surface area contributed by atoms with Crippen LogP contribution >= 0.6 is 11.6 Å². The van der Waals surface area contributed by atoms with Crippen LogP contribution in [0.4, 0.5) is 0 Å². The van der Waals surface area contributed by atoms with Crippen LogP contribution in [0.3, 0.4) is 0 Å². The van der Waals surface area contributed by atoms with Crippen LogP contribution in [0.1, 0.15) is 47.1 Å². The topological polar surface area (TPSA) is 104 Å². The highest BCUT2D eigenvalue weighted by atomic mass is 35.5. The Balaban J connectivity index is 1.85. The SMILES string of the molecule is Cc1onc(-c2ccc(Cl)cn2)c1COc1ccc(C(N)=O)c(C(C)C)n1. The van der Waals surface area contributed by atoms with Crippen molar-refractivity contribution < 1.29 is 14.1 Å². The zero-order valence-corrected chi connectivity index (χ0v) is 15.9. The van der Waals surface area contributed by atoms with Crippen LogP contribution in [0.25, 0.3) is 11.4 Å². The van der Waals surface area contributed by atoms with Gasteiger partial charge >= 0.3 is 0 Å². The number of amides is 1. The summed E-state index contributed by atoms with van der Waals surface area (Å²) in [6.45, 7) is 5.86. The molecule has 140 valence electrons. The van der Waals surface area contributed by atoms with Gasteiger partial charge in [0.15, 0.2) is 0 Å². The second-order valence-electron chi connectivity index (χ2n) is 6.32. The Hall–Kier alpha value is -2.93. The molecule has 3 aromatic rings. The Kier molecular flexibility index (Phi) is 5.41. The van der Waals surface area contributed by atoms with Crippen LogP contribution in [0.5, 0.6) is 5.88 Å². The van der Waals surface area contributed by atoms with Gasteiger partial charge in [-0.25, -0.2) is 4.98 Å². The lowest BCUT2D eigenvalue weighted by Crippen LogP contribution is -2.16. The first-order valence-electron chi connectivity index (χ1n) is 8.37. The van der Waals surface area contributed by atoms with E-state index in [2.05, 4.69) is 15.1 Å². The van der Waals surface area contributed by atoms with Crippen molar-refractivity contribution in [1.82, 2.24) is 15.1 Å². The monoisotopic (exact) mass is 386 g/mol. The van der Waals surface area contributed by atoms with E-state index in [1.54, 1.807) is 37.4 Å². The minimum absolute atomic E-state index is 0.0298. The molecule has 1 amide bonds. The predicted octanol–water partition coefficient (Wildman–Crippen LogP) is 3.89. The molecule has 0 fully saturated rings. The Morgan fingerprint density at radius 3 is 2.70 bits per heavy atom. The highest BCUT2D eigenvalue weighted by molar-refractivity contribution is 6.30. The van der Waals surface area contributed by atoms with Crippen molar-refractivity contribution in [2.45, 2.75) is 33.3 Å². The number of aromatic nitrogens is 3. The van der Waals surface area contributed by atoms with Crippen molar-refractivity contribution in [1.29, 1.82) is 0 Å². The van der Waals surface area contributed by atoms with E-state index in [9.17, 15) is 4.79 Å². The van der Waals surface area contributed by atoms with Gasteiger partial charge < -0.3 is 15.0 Å². The van der Waals surface area contributed by atoms with Gasteiger partial charge in [0.2, 0.25) is 5.88 Å². The van der Waals surface area contributed by atoms with Crippen molar-refractivity contribution in [2.75, 3.05) is 0 Å². The van der Waals surface area contributed by atoms with Gasteiger partial charge in [-0.3, -0.25) is 9.78 Å². The number of rotatable bonds is 6. The first kappa shape index (κ1) is 18.8. The van der Waals surface area contributed by atoms with Gasteiger partial charge in [-0.1, -0.05) is 30.6 Å². The minimum Gasteiger partial charge on any atom is -0.473 e. The fraction of sp³-hybridized carbons (Fsp3) is 0.263. The molecule has 8 heteroatoms. The average molecular weight is 387 g/mol. The molecule has 3 aromatic heterocycles. The molecule has 0 radical (unpaired) electrons. The average Bonchev–Trinajstić information content (AvgIpc) is 3.00. The van der Waals surface area contributed by atoms with Gasteiger partial charge in [0.05, 0.1) is 27.5 Å². The molecule has 2 N–H and O–H groups in total. The van der Waals surface area contributed by atoms with E-state index in [0.29, 0.717) is 39.3 Å². The molecule has 0 bridgehead atoms. The van der Waals surface area contributed by atoms with Crippen molar-refractivity contribution in [3.05, 3.63) is 58.1 Å². The molecule has 0 atom stereocenters. The Morgan fingerprint density at radius 2 is 2.07 bits per heavy atom. The number of nitrogens with zero attached hydrogens (tertiary/aromatic N) is 3. The van der Waals surface area contributed by atoms with Crippen LogP contribution in [0, 0.1) is 6.92 Å². The summed E-state index contributed by atoms with van der Waals surface area (Å²) in [7, 11) is 0. The molecule has 7 nitrogen and oxygen atoms in total. The number of carbonyl (C=O) groups excluding carboxylic acids is 1. The number of halogens is 1. The maximum atomic E-state index is 11.6. The Morgan fingerprint density at radius 1 is 1.30 bits per heavy atom. The number of ether oxygens (including phenoxy) is 1. The summed E-state index contributed by atoms with van der Waals surface area (Å²) in [6, 6.07) is 6.74. The maximum absolute atomic E-state index is 11.6. The number of carbonyl (C=O) groups is 1. The van der Waals surface area contributed by atoms with Crippen molar-refractivity contribution in [2.24, 2.45) is 5.73 Å². The summed E-state index contributed by atoms with van der Waals surface area (Å²) in [5.41, 5.74) is 8.38. The van der Waals surface area contributed by atoms with Gasteiger partial charge in [-0.2, -0.15) is 0 Å². The second-order valence-corrected chi connectivity index (χ2v) is 6.75. The van der Waals surface area contributed by atoms with Crippen LogP contribution in [-0.4, -0.2) is 21.0 Å². The van der Waals surface area contributed by atoms with Crippen LogP contribution in [-0.2, 0) is 6.61 Å². The van der Waals surface area contributed by atoms with Gasteiger partial charge in [0, 0.05) is 12.3 Å². The number of hydrogen-bond donors (Lipinski definition) is 1. The summed E-state index contributed by atoms with van der Waals surface area (Å²) >= 11 is 5.89. The number of pyridine rings is 2. The van der Waals surface area contributed by atoms with E-state index in [1.807, 2.05) is 13.8 Å². The summed E-state index contributed by atoms with van der Waals surface area (Å²) in [4.78, 5) is 20.3. The predicted molar refractivity (Wildman–Crippen MR) is 101 cm³/mol. The van der Waals surface area contributed by atoms with Crippen molar-refractivity contribution >= 4 is 17.5 Å². The molecule has 0 saturated heterocycles. The summed E-state index contributed by atoms with van der Waals surface area (Å²) in [6.07, 6.45) is 1.55. The van der Waals surface area contributed by atoms with Crippen LogP contribution in [0.15, 0.2) is 35.0 Å². The molecular weight excluding hydrogens is 368 g/mol. The fourth-order valence-corrected chi connectivity index (χ4v) is 2.72. The lowest BCUT2D eigenvalue weighted by molar-refractivity contribution is 0.0998. The highest BCUT2D eigenvalue weighted by Crippen LogP contribution is 2.26. The zero-order valence-electron chi connectivity index (χ0n) is 15.2. The molecule has 3 rings (SSSR count). The lowest BCUT2D eigenvalue weighted by Gasteiger charge is -2.12. The molecule has 0 aliphatic rings. The largest absolute Gasteiger partial charge is 0.473 e. The molecule has 0 aromatic carbocycles. The van der Waals surface area contributed by atoms with E-state index in [1.165, 1.54) is 0 Å². The highest BCUT2D eigenvalue weighted by Gasteiger charge is 2.18. The van der Waals surface area contributed by atoms with Crippen LogP contribution in [0.2, 0.25) is 5.02 Å². The fourth-order valence-electron chi connectivity index (χ4n) is 2.61. The number of nitrogens with two attached hydrogens (primary N) is 1. The number of hydrogen-bond acceptors (Lipinski definition) is 6. The van der Waals surface area contributed by atoms with Gasteiger partial charge in [-0.05, 0) is 31.0 Å². The molecule has 27 heavy (non-hydrogen) atoms. The number of aryl methyl sites for hydroxylation is 1. The zero-order chi connectivity index (χ0) is 19.6. The van der Waals surface area contributed by atoms with E-state index in [0.717, 1.165) is 5.56 Å². The van der Waals surface area contributed by atoms with E-state index in [-0.39, 0.29) is 12.5 Å². The molecule has 3 heterocycles. The van der Waals surface area contributed by atoms with Gasteiger partial charge in [0.25, 0.3) is 5.91 Å². The lowest BCUT2D eigenvalue weighted by atomic mass is 10.0. The molecule has 0 saturated carbocycles.